The van der Waals surface area contributed by atoms with Gasteiger partial charge in [-0.2, -0.15) is 0 Å². The van der Waals surface area contributed by atoms with Crippen molar-refractivity contribution in [2.45, 2.75) is 57.9 Å². The van der Waals surface area contributed by atoms with E-state index in [4.69, 9.17) is 4.74 Å². The van der Waals surface area contributed by atoms with Crippen molar-refractivity contribution in [3.63, 3.8) is 0 Å². The number of carbonyl (C=O) groups excluding carboxylic acids is 1. The van der Waals surface area contributed by atoms with Crippen LogP contribution in [0.25, 0.3) is 0 Å². The zero-order valence-electron chi connectivity index (χ0n) is 14.7. The van der Waals surface area contributed by atoms with Crippen molar-refractivity contribution in [1.82, 2.24) is 4.90 Å². The maximum absolute atomic E-state index is 12.5. The highest BCUT2D eigenvalue weighted by molar-refractivity contribution is 5.78. The number of ether oxygens (including phenoxy) is 1. The summed E-state index contributed by atoms with van der Waals surface area (Å²) in [4.78, 5) is 14.5. The maximum atomic E-state index is 12.5. The molecule has 126 valence electrons. The Kier molecular flexibility index (Phi) is 4.77. The van der Waals surface area contributed by atoms with Gasteiger partial charge in [0.1, 0.15) is 6.61 Å². The molecule has 23 heavy (non-hydrogen) atoms. The van der Waals surface area contributed by atoms with Crippen molar-refractivity contribution in [3.8, 4) is 0 Å². The minimum Gasteiger partial charge on any atom is -0.371 e. The maximum Gasteiger partial charge on any atom is 0.249 e. The van der Waals surface area contributed by atoms with E-state index in [1.54, 1.807) is 0 Å². The molecule has 2 fully saturated rings. The Bertz CT molecular complexity index is 540. The molecule has 1 aliphatic heterocycles. The molecule has 1 heterocycles. The number of amides is 1. The van der Waals surface area contributed by atoms with Gasteiger partial charge >= 0.3 is 0 Å². The zero-order valence-corrected chi connectivity index (χ0v) is 14.7. The third-order valence-corrected chi connectivity index (χ3v) is 5.01. The van der Waals surface area contributed by atoms with Gasteiger partial charge in [0.05, 0.1) is 12.6 Å². The van der Waals surface area contributed by atoms with E-state index in [0.29, 0.717) is 5.92 Å². The minimum atomic E-state index is 0.146. The Morgan fingerprint density at radius 1 is 1.17 bits per heavy atom. The fourth-order valence-electron chi connectivity index (χ4n) is 3.30. The minimum absolute atomic E-state index is 0.146. The third kappa shape index (κ3) is 4.14. The largest absolute Gasteiger partial charge is 0.371 e. The molecule has 3 heteroatoms. The molecule has 1 saturated heterocycles. The van der Waals surface area contributed by atoms with Gasteiger partial charge in [-0.3, -0.25) is 4.79 Å². The molecular formula is C20H29NO2. The third-order valence-electron chi connectivity index (χ3n) is 5.01. The van der Waals surface area contributed by atoms with Crippen molar-refractivity contribution < 1.29 is 9.53 Å². The van der Waals surface area contributed by atoms with E-state index in [1.807, 2.05) is 4.90 Å². The zero-order chi connectivity index (χ0) is 16.4. The first-order chi connectivity index (χ1) is 10.9. The molecule has 3 rings (SSSR count). The van der Waals surface area contributed by atoms with Crippen LogP contribution in [0.5, 0.6) is 0 Å². The van der Waals surface area contributed by atoms with Crippen LogP contribution in [0.15, 0.2) is 24.3 Å². The molecular weight excluding hydrogens is 286 g/mol. The van der Waals surface area contributed by atoms with Crippen LogP contribution in [0.4, 0.5) is 0 Å². The lowest BCUT2D eigenvalue weighted by molar-refractivity contribution is -0.137. The van der Waals surface area contributed by atoms with Crippen LogP contribution < -0.4 is 0 Å². The second-order valence-corrected chi connectivity index (χ2v) is 8.08. The first-order valence-corrected chi connectivity index (χ1v) is 8.93. The quantitative estimate of drug-likeness (QED) is 0.819. The van der Waals surface area contributed by atoms with E-state index < -0.39 is 0 Å². The molecule has 1 aromatic carbocycles. The van der Waals surface area contributed by atoms with E-state index in [2.05, 4.69) is 45.0 Å². The highest BCUT2D eigenvalue weighted by Gasteiger charge is 2.30. The van der Waals surface area contributed by atoms with Crippen molar-refractivity contribution in [2.24, 2.45) is 5.92 Å². The van der Waals surface area contributed by atoms with Crippen LogP contribution in [0, 0.1) is 5.92 Å². The van der Waals surface area contributed by atoms with Gasteiger partial charge in [-0.25, -0.2) is 0 Å². The lowest BCUT2D eigenvalue weighted by Crippen LogP contribution is -2.33. The first-order valence-electron chi connectivity index (χ1n) is 8.93. The molecule has 0 spiro atoms. The fourth-order valence-corrected chi connectivity index (χ4v) is 3.30. The Labute approximate surface area is 140 Å². The number of hydrogen-bond acceptors (Lipinski definition) is 2. The average molecular weight is 315 g/mol. The van der Waals surface area contributed by atoms with Gasteiger partial charge in [-0.05, 0) is 48.1 Å². The molecule has 1 aromatic rings. The molecule has 1 atom stereocenters. The summed E-state index contributed by atoms with van der Waals surface area (Å²) in [7, 11) is 0. The van der Waals surface area contributed by atoms with Crippen molar-refractivity contribution >= 4 is 5.91 Å². The summed E-state index contributed by atoms with van der Waals surface area (Å²) in [5.74, 6) is 0.857. The highest BCUT2D eigenvalue weighted by Crippen LogP contribution is 2.33. The smallest absolute Gasteiger partial charge is 0.249 e. The normalized spacial score (nSPS) is 21.7. The van der Waals surface area contributed by atoms with Crippen molar-refractivity contribution in [3.05, 3.63) is 35.4 Å². The summed E-state index contributed by atoms with van der Waals surface area (Å²) < 4.78 is 5.59. The summed E-state index contributed by atoms with van der Waals surface area (Å²) in [6.45, 7) is 8.54. The Morgan fingerprint density at radius 2 is 1.87 bits per heavy atom. The SMILES string of the molecule is CC(C)(C)c1ccc(C2CCCN2C(=O)COCC2CC2)cc1. The summed E-state index contributed by atoms with van der Waals surface area (Å²) in [5, 5.41) is 0. The predicted octanol–water partition coefficient (Wildman–Crippen LogP) is 4.07. The number of nitrogens with zero attached hydrogens (tertiary/aromatic N) is 1. The fraction of sp³-hybridized carbons (Fsp3) is 0.650. The van der Waals surface area contributed by atoms with E-state index in [0.717, 1.165) is 26.0 Å². The van der Waals surface area contributed by atoms with Gasteiger partial charge in [0.15, 0.2) is 0 Å². The average Bonchev–Trinajstić information content (AvgIpc) is 3.20. The lowest BCUT2D eigenvalue weighted by Gasteiger charge is -2.26. The second kappa shape index (κ2) is 6.64. The monoisotopic (exact) mass is 315 g/mol. The number of carbonyl (C=O) groups is 1. The van der Waals surface area contributed by atoms with Gasteiger partial charge in [0.25, 0.3) is 0 Å². The standard InChI is InChI=1S/C20H29NO2/c1-20(2,3)17-10-8-16(9-11-17)18-5-4-12-21(18)19(22)14-23-13-15-6-7-15/h8-11,15,18H,4-7,12-14H2,1-3H3. The van der Waals surface area contributed by atoms with E-state index >= 15 is 0 Å². The Morgan fingerprint density at radius 3 is 2.48 bits per heavy atom. The molecule has 0 radical (unpaired) electrons. The van der Waals surface area contributed by atoms with Gasteiger partial charge in [0, 0.05) is 6.54 Å². The van der Waals surface area contributed by atoms with Crippen LogP contribution in [0.2, 0.25) is 0 Å². The Balaban J connectivity index is 1.62. The van der Waals surface area contributed by atoms with Crippen molar-refractivity contribution in [2.75, 3.05) is 19.8 Å². The van der Waals surface area contributed by atoms with Crippen LogP contribution in [0.3, 0.4) is 0 Å². The summed E-state index contributed by atoms with van der Waals surface area (Å²) in [6.07, 6.45) is 4.67. The van der Waals surface area contributed by atoms with Gasteiger partial charge in [-0.1, -0.05) is 45.0 Å². The van der Waals surface area contributed by atoms with Crippen LogP contribution in [-0.4, -0.2) is 30.6 Å². The molecule has 0 N–H and O–H groups in total. The van der Waals surface area contributed by atoms with Gasteiger partial charge < -0.3 is 9.64 Å². The molecule has 1 unspecified atom stereocenters. The number of rotatable bonds is 5. The molecule has 1 aliphatic carbocycles. The van der Waals surface area contributed by atoms with E-state index in [-0.39, 0.29) is 24.0 Å². The Hall–Kier alpha value is -1.35. The second-order valence-electron chi connectivity index (χ2n) is 8.08. The topological polar surface area (TPSA) is 29.5 Å². The highest BCUT2D eigenvalue weighted by atomic mass is 16.5. The summed E-state index contributed by atoms with van der Waals surface area (Å²) in [6, 6.07) is 9.03. The predicted molar refractivity (Wildman–Crippen MR) is 92.4 cm³/mol. The lowest BCUT2D eigenvalue weighted by atomic mass is 9.86. The summed E-state index contributed by atoms with van der Waals surface area (Å²) >= 11 is 0. The van der Waals surface area contributed by atoms with E-state index in [9.17, 15) is 4.79 Å². The number of benzene rings is 1. The van der Waals surface area contributed by atoms with Crippen LogP contribution in [-0.2, 0) is 14.9 Å². The van der Waals surface area contributed by atoms with Crippen LogP contribution in [0.1, 0.15) is 63.6 Å². The number of likely N-dealkylation sites (tertiary alicyclic amines) is 1. The van der Waals surface area contributed by atoms with Gasteiger partial charge in [0.2, 0.25) is 5.91 Å². The molecule has 1 saturated carbocycles. The van der Waals surface area contributed by atoms with E-state index in [1.165, 1.54) is 24.0 Å². The van der Waals surface area contributed by atoms with Gasteiger partial charge in [-0.15, -0.1) is 0 Å². The molecule has 2 aliphatic rings. The summed E-state index contributed by atoms with van der Waals surface area (Å²) in [5.41, 5.74) is 2.76. The van der Waals surface area contributed by atoms with Crippen molar-refractivity contribution in [1.29, 1.82) is 0 Å². The molecule has 0 aromatic heterocycles. The molecule has 1 amide bonds. The first kappa shape index (κ1) is 16.5. The molecule has 3 nitrogen and oxygen atoms in total. The number of hydrogen-bond donors (Lipinski definition) is 0. The van der Waals surface area contributed by atoms with Crippen LogP contribution >= 0.6 is 0 Å². The molecule has 0 bridgehead atoms.